The molecule has 0 N–H and O–H groups in total. The van der Waals surface area contributed by atoms with Crippen LogP contribution in [0.3, 0.4) is 0 Å². The van der Waals surface area contributed by atoms with E-state index in [1.165, 1.54) is 6.07 Å². The van der Waals surface area contributed by atoms with Crippen LogP contribution in [0.1, 0.15) is 5.56 Å². The largest absolute Gasteiger partial charge is 0.497 e. The highest BCUT2D eigenvalue weighted by atomic mass is 19.1. The average molecular weight is 233 g/mol. The van der Waals surface area contributed by atoms with Crippen LogP contribution < -0.4 is 9.47 Å². The van der Waals surface area contributed by atoms with Gasteiger partial charge in [-0.2, -0.15) is 9.37 Å². The molecule has 0 bridgehead atoms. The Kier molecular flexibility index (Phi) is 3.55. The second kappa shape index (κ2) is 5.30. The Bertz CT molecular complexity index is 502. The van der Waals surface area contributed by atoms with Crippen molar-refractivity contribution in [2.45, 2.75) is 6.61 Å². The quantitative estimate of drug-likeness (QED) is 0.761. The summed E-state index contributed by atoms with van der Waals surface area (Å²) in [4.78, 5) is 3.61. The highest BCUT2D eigenvalue weighted by Gasteiger charge is 2.00. The summed E-state index contributed by atoms with van der Waals surface area (Å²) in [6.45, 7) is 0.327. The maximum absolute atomic E-state index is 12.8. The molecule has 0 atom stereocenters. The topological polar surface area (TPSA) is 31.4 Å². The van der Waals surface area contributed by atoms with Gasteiger partial charge in [0.25, 0.3) is 0 Å². The molecule has 0 aliphatic carbocycles. The van der Waals surface area contributed by atoms with Gasteiger partial charge in [-0.15, -0.1) is 0 Å². The smallest absolute Gasteiger partial charge is 0.216 e. The molecule has 88 valence electrons. The Morgan fingerprint density at radius 1 is 1.18 bits per heavy atom. The number of halogens is 1. The monoisotopic (exact) mass is 233 g/mol. The van der Waals surface area contributed by atoms with Gasteiger partial charge >= 0.3 is 0 Å². The molecule has 0 saturated heterocycles. The number of pyridine rings is 1. The number of nitrogens with zero attached hydrogens (tertiary/aromatic N) is 1. The summed E-state index contributed by atoms with van der Waals surface area (Å²) in [7, 11) is 1.61. The van der Waals surface area contributed by atoms with Crippen molar-refractivity contribution >= 4 is 0 Å². The third kappa shape index (κ3) is 3.17. The molecule has 4 heteroatoms. The van der Waals surface area contributed by atoms with Crippen LogP contribution in [0.15, 0.2) is 42.5 Å². The molecular formula is C13H12FNO2. The maximum atomic E-state index is 12.8. The Labute approximate surface area is 98.8 Å². The normalized spacial score (nSPS) is 10.0. The third-order valence-corrected chi connectivity index (χ3v) is 2.21. The fraction of sp³-hybridized carbons (Fsp3) is 0.154. The zero-order valence-corrected chi connectivity index (χ0v) is 9.39. The van der Waals surface area contributed by atoms with Crippen LogP contribution in [0.4, 0.5) is 4.39 Å². The minimum absolute atomic E-state index is 0.271. The SMILES string of the molecule is COc1cccc(COc2cccc(F)n2)c1. The highest BCUT2D eigenvalue weighted by molar-refractivity contribution is 5.28. The van der Waals surface area contributed by atoms with E-state index in [0.717, 1.165) is 11.3 Å². The minimum atomic E-state index is -0.548. The molecule has 1 aromatic heterocycles. The number of hydrogen-bond donors (Lipinski definition) is 0. The first kappa shape index (κ1) is 11.4. The average Bonchev–Trinajstić information content (AvgIpc) is 2.37. The zero-order chi connectivity index (χ0) is 12.1. The molecule has 3 nitrogen and oxygen atoms in total. The Balaban J connectivity index is 2.02. The van der Waals surface area contributed by atoms with Crippen molar-refractivity contribution in [3.05, 3.63) is 54.0 Å². The van der Waals surface area contributed by atoms with Gasteiger partial charge in [0, 0.05) is 6.07 Å². The van der Waals surface area contributed by atoms with Gasteiger partial charge in [-0.3, -0.25) is 0 Å². The van der Waals surface area contributed by atoms with Crippen molar-refractivity contribution < 1.29 is 13.9 Å². The molecule has 0 unspecified atom stereocenters. The molecule has 0 amide bonds. The molecule has 0 saturated carbocycles. The van der Waals surface area contributed by atoms with E-state index in [1.807, 2.05) is 24.3 Å². The Morgan fingerprint density at radius 2 is 2.00 bits per heavy atom. The van der Waals surface area contributed by atoms with Crippen molar-refractivity contribution in [3.63, 3.8) is 0 Å². The number of rotatable bonds is 4. The summed E-state index contributed by atoms with van der Waals surface area (Å²) in [5.74, 6) is 0.485. The molecule has 17 heavy (non-hydrogen) atoms. The summed E-state index contributed by atoms with van der Waals surface area (Å²) in [5.41, 5.74) is 0.940. The van der Waals surface area contributed by atoms with Gasteiger partial charge in [-0.25, -0.2) is 0 Å². The summed E-state index contributed by atoms with van der Waals surface area (Å²) >= 11 is 0. The van der Waals surface area contributed by atoms with Crippen LogP contribution in [0, 0.1) is 5.95 Å². The van der Waals surface area contributed by atoms with Gasteiger partial charge in [0.1, 0.15) is 12.4 Å². The minimum Gasteiger partial charge on any atom is -0.497 e. The lowest BCUT2D eigenvalue weighted by Gasteiger charge is -2.06. The fourth-order valence-corrected chi connectivity index (χ4v) is 1.39. The molecule has 1 aromatic carbocycles. The van der Waals surface area contributed by atoms with Gasteiger partial charge in [0.2, 0.25) is 11.8 Å². The summed E-state index contributed by atoms with van der Waals surface area (Å²) in [6.07, 6.45) is 0. The first-order chi connectivity index (χ1) is 8.28. The number of hydrogen-bond acceptors (Lipinski definition) is 3. The molecule has 0 aliphatic rings. The van der Waals surface area contributed by atoms with E-state index < -0.39 is 5.95 Å². The molecule has 2 rings (SSSR count). The van der Waals surface area contributed by atoms with Gasteiger partial charge < -0.3 is 9.47 Å². The second-order valence-electron chi connectivity index (χ2n) is 3.44. The molecule has 0 fully saturated rings. The van der Waals surface area contributed by atoms with E-state index in [4.69, 9.17) is 9.47 Å². The predicted molar refractivity (Wildman–Crippen MR) is 61.5 cm³/mol. The lowest BCUT2D eigenvalue weighted by Crippen LogP contribution is -1.98. The van der Waals surface area contributed by atoms with Crippen LogP contribution in [0.5, 0.6) is 11.6 Å². The van der Waals surface area contributed by atoms with Gasteiger partial charge in [-0.05, 0) is 23.8 Å². The standard InChI is InChI=1S/C13H12FNO2/c1-16-11-5-2-4-10(8-11)9-17-13-7-3-6-12(14)15-13/h2-8H,9H2,1H3. The predicted octanol–water partition coefficient (Wildman–Crippen LogP) is 2.81. The van der Waals surface area contributed by atoms with Crippen molar-refractivity contribution in [2.24, 2.45) is 0 Å². The summed E-state index contributed by atoms with van der Waals surface area (Å²) in [6, 6.07) is 11.9. The van der Waals surface area contributed by atoms with E-state index in [2.05, 4.69) is 4.98 Å². The molecular weight excluding hydrogens is 221 g/mol. The van der Waals surface area contributed by atoms with Crippen molar-refractivity contribution in [3.8, 4) is 11.6 Å². The Hall–Kier alpha value is -2.10. The third-order valence-electron chi connectivity index (χ3n) is 2.21. The van der Waals surface area contributed by atoms with Crippen molar-refractivity contribution in [1.82, 2.24) is 4.98 Å². The van der Waals surface area contributed by atoms with Crippen LogP contribution in [0.25, 0.3) is 0 Å². The number of benzene rings is 1. The van der Waals surface area contributed by atoms with E-state index in [-0.39, 0.29) is 5.88 Å². The van der Waals surface area contributed by atoms with Gasteiger partial charge in [0.05, 0.1) is 7.11 Å². The van der Waals surface area contributed by atoms with Crippen molar-refractivity contribution in [2.75, 3.05) is 7.11 Å². The van der Waals surface area contributed by atoms with E-state index in [0.29, 0.717) is 6.61 Å². The molecule has 0 radical (unpaired) electrons. The first-order valence-corrected chi connectivity index (χ1v) is 5.16. The van der Waals surface area contributed by atoms with E-state index >= 15 is 0 Å². The molecule has 2 aromatic rings. The van der Waals surface area contributed by atoms with Crippen LogP contribution in [-0.4, -0.2) is 12.1 Å². The maximum Gasteiger partial charge on any atom is 0.216 e. The lowest BCUT2D eigenvalue weighted by atomic mass is 10.2. The number of ether oxygens (including phenoxy) is 2. The van der Waals surface area contributed by atoms with Crippen LogP contribution in [-0.2, 0) is 6.61 Å². The summed E-state index contributed by atoms with van der Waals surface area (Å²) < 4.78 is 23.3. The first-order valence-electron chi connectivity index (χ1n) is 5.16. The second-order valence-corrected chi connectivity index (χ2v) is 3.44. The van der Waals surface area contributed by atoms with Gasteiger partial charge in [-0.1, -0.05) is 18.2 Å². The van der Waals surface area contributed by atoms with Crippen LogP contribution in [0.2, 0.25) is 0 Å². The number of methoxy groups -OCH3 is 1. The van der Waals surface area contributed by atoms with Gasteiger partial charge in [0.15, 0.2) is 0 Å². The van der Waals surface area contributed by atoms with E-state index in [9.17, 15) is 4.39 Å². The van der Waals surface area contributed by atoms with E-state index in [1.54, 1.807) is 19.2 Å². The zero-order valence-electron chi connectivity index (χ0n) is 9.39. The summed E-state index contributed by atoms with van der Waals surface area (Å²) in [5, 5.41) is 0. The highest BCUT2D eigenvalue weighted by Crippen LogP contribution is 2.15. The Morgan fingerprint density at radius 3 is 2.76 bits per heavy atom. The van der Waals surface area contributed by atoms with Crippen LogP contribution >= 0.6 is 0 Å². The lowest BCUT2D eigenvalue weighted by molar-refractivity contribution is 0.288. The van der Waals surface area contributed by atoms with Crippen molar-refractivity contribution in [1.29, 1.82) is 0 Å². The molecule has 0 aliphatic heterocycles. The number of aromatic nitrogens is 1. The molecule has 1 heterocycles. The molecule has 0 spiro atoms. The fourth-order valence-electron chi connectivity index (χ4n) is 1.39.